The van der Waals surface area contributed by atoms with E-state index in [2.05, 4.69) is 4.18 Å². The molecule has 0 bridgehead atoms. The number of carbonyl (C=O) groups excluding carboxylic acids is 1. The third kappa shape index (κ3) is 6.25. The highest BCUT2D eigenvalue weighted by molar-refractivity contribution is 7.88. The van der Waals surface area contributed by atoms with Crippen molar-refractivity contribution in [3.05, 3.63) is 65.2 Å². The molecule has 0 aliphatic rings. The molecular formula is C25H25F3O8S. The summed E-state index contributed by atoms with van der Waals surface area (Å²) in [6.07, 6.45) is -1.60. The Morgan fingerprint density at radius 3 is 2.16 bits per heavy atom. The van der Waals surface area contributed by atoms with Gasteiger partial charge in [-0.15, -0.1) is 0 Å². The van der Waals surface area contributed by atoms with Gasteiger partial charge in [0.15, 0.2) is 11.9 Å². The van der Waals surface area contributed by atoms with Crippen LogP contribution < -0.4 is 13.7 Å². The predicted octanol–water partition coefficient (Wildman–Crippen LogP) is 5.21. The number of hydrogen-bond donors (Lipinski definition) is 0. The second-order valence-corrected chi connectivity index (χ2v) is 9.34. The van der Waals surface area contributed by atoms with E-state index in [0.717, 1.165) is 0 Å². The first-order chi connectivity index (χ1) is 17.4. The average Bonchev–Trinajstić information content (AvgIpc) is 2.84. The van der Waals surface area contributed by atoms with Gasteiger partial charge in [0.1, 0.15) is 11.5 Å². The van der Waals surface area contributed by atoms with Crippen LogP contribution in [0.15, 0.2) is 48.5 Å². The number of carbonyl (C=O) groups is 1. The fourth-order valence-electron chi connectivity index (χ4n) is 3.59. The van der Waals surface area contributed by atoms with E-state index in [0.29, 0.717) is 22.4 Å². The highest BCUT2D eigenvalue weighted by atomic mass is 32.2. The average molecular weight is 543 g/mol. The number of benzene rings is 3. The van der Waals surface area contributed by atoms with Crippen LogP contribution in [-0.4, -0.2) is 40.7 Å². The van der Waals surface area contributed by atoms with Crippen LogP contribution in [0.1, 0.15) is 29.7 Å². The normalized spacial score (nSPS) is 12.7. The summed E-state index contributed by atoms with van der Waals surface area (Å²) in [5, 5.41) is 0.322. The zero-order valence-electron chi connectivity index (χ0n) is 20.4. The first kappa shape index (κ1) is 28.1. The van der Waals surface area contributed by atoms with E-state index >= 15 is 0 Å². The van der Waals surface area contributed by atoms with Gasteiger partial charge in [0.05, 0.1) is 27.4 Å². The minimum atomic E-state index is -6.10. The van der Waals surface area contributed by atoms with Crippen molar-refractivity contribution in [3.63, 3.8) is 0 Å². The number of halogens is 3. The van der Waals surface area contributed by atoms with Gasteiger partial charge in [-0.2, -0.15) is 21.6 Å². The molecule has 0 fully saturated rings. The molecule has 1 atom stereocenters. The molecule has 12 heteroatoms. The van der Waals surface area contributed by atoms with Gasteiger partial charge in [-0.3, -0.25) is 0 Å². The zero-order valence-corrected chi connectivity index (χ0v) is 21.2. The van der Waals surface area contributed by atoms with Crippen LogP contribution >= 0.6 is 0 Å². The van der Waals surface area contributed by atoms with Gasteiger partial charge in [0.2, 0.25) is 0 Å². The fraction of sp³-hybridized carbons (Fsp3) is 0.320. The Balaban J connectivity index is 2.19. The van der Waals surface area contributed by atoms with E-state index in [9.17, 15) is 26.4 Å². The van der Waals surface area contributed by atoms with Crippen LogP contribution in [0, 0.1) is 6.92 Å². The van der Waals surface area contributed by atoms with Crippen molar-refractivity contribution in [2.24, 2.45) is 0 Å². The number of alkyl halides is 3. The lowest BCUT2D eigenvalue weighted by molar-refractivity contribution is -0.158. The standard InChI is InChI=1S/C25H25F3O8S/c1-5-34-24(29)23(35-14-16-6-8-18(32-3)9-7-16)21-15(2)12-17-13-19(33-4)10-11-20(17)22(21)36-37(30,31)25(26,27)28/h6-13,23H,5,14H2,1-4H3. The monoisotopic (exact) mass is 542 g/mol. The summed E-state index contributed by atoms with van der Waals surface area (Å²) in [4.78, 5) is 13.0. The molecule has 0 aliphatic heterocycles. The van der Waals surface area contributed by atoms with E-state index in [1.54, 1.807) is 37.3 Å². The smallest absolute Gasteiger partial charge is 0.497 e. The maximum atomic E-state index is 13.3. The topological polar surface area (TPSA) is 97.4 Å². The van der Waals surface area contributed by atoms with Crippen LogP contribution in [0.2, 0.25) is 0 Å². The summed E-state index contributed by atoms with van der Waals surface area (Å²) < 4.78 is 89.9. The quantitative estimate of drug-likeness (QED) is 0.196. The van der Waals surface area contributed by atoms with Crippen molar-refractivity contribution in [1.82, 2.24) is 0 Å². The lowest BCUT2D eigenvalue weighted by Gasteiger charge is -2.23. The van der Waals surface area contributed by atoms with E-state index in [1.807, 2.05) is 0 Å². The van der Waals surface area contributed by atoms with Crippen molar-refractivity contribution < 1.29 is 49.5 Å². The predicted molar refractivity (Wildman–Crippen MR) is 128 cm³/mol. The highest BCUT2D eigenvalue weighted by Gasteiger charge is 2.49. The van der Waals surface area contributed by atoms with E-state index in [-0.39, 0.29) is 29.7 Å². The number of aryl methyl sites for hydroxylation is 1. The Kier molecular flexibility index (Phi) is 8.54. The van der Waals surface area contributed by atoms with Gasteiger partial charge in [-0.1, -0.05) is 18.2 Å². The Labute approximate surface area is 212 Å². The summed E-state index contributed by atoms with van der Waals surface area (Å²) in [5.41, 5.74) is -5.07. The fourth-order valence-corrected chi connectivity index (χ4v) is 4.08. The first-order valence-corrected chi connectivity index (χ1v) is 12.4. The van der Waals surface area contributed by atoms with Gasteiger partial charge < -0.3 is 23.1 Å². The largest absolute Gasteiger partial charge is 0.534 e. The molecule has 0 spiro atoms. The maximum absolute atomic E-state index is 13.3. The molecule has 0 radical (unpaired) electrons. The molecule has 0 heterocycles. The SMILES string of the molecule is CCOC(=O)C(OCc1ccc(OC)cc1)c1c(C)cc2cc(OC)ccc2c1OS(=O)(=O)C(F)(F)F. The molecule has 3 aromatic carbocycles. The summed E-state index contributed by atoms with van der Waals surface area (Å²) in [5.74, 6) is -0.662. The van der Waals surface area contributed by atoms with Gasteiger partial charge in [-0.25, -0.2) is 4.79 Å². The molecule has 0 N–H and O–H groups in total. The van der Waals surface area contributed by atoms with Gasteiger partial charge in [-0.05, 0) is 60.7 Å². The van der Waals surface area contributed by atoms with Crippen molar-refractivity contribution in [1.29, 1.82) is 0 Å². The Morgan fingerprint density at radius 2 is 1.59 bits per heavy atom. The maximum Gasteiger partial charge on any atom is 0.534 e. The lowest BCUT2D eigenvalue weighted by atomic mass is 9.96. The second-order valence-electron chi connectivity index (χ2n) is 7.80. The van der Waals surface area contributed by atoms with Crippen LogP contribution in [0.3, 0.4) is 0 Å². The Hall–Kier alpha value is -3.51. The first-order valence-electron chi connectivity index (χ1n) is 10.9. The summed E-state index contributed by atoms with van der Waals surface area (Å²) >= 11 is 0. The van der Waals surface area contributed by atoms with E-state index < -0.39 is 33.4 Å². The number of esters is 1. The number of fused-ring (bicyclic) bond motifs is 1. The van der Waals surface area contributed by atoms with Crippen LogP contribution in [0.25, 0.3) is 10.8 Å². The number of hydrogen-bond acceptors (Lipinski definition) is 8. The number of ether oxygens (including phenoxy) is 4. The second kappa shape index (κ2) is 11.3. The molecule has 0 aromatic heterocycles. The van der Waals surface area contributed by atoms with Crippen molar-refractivity contribution in [2.45, 2.75) is 32.1 Å². The van der Waals surface area contributed by atoms with Gasteiger partial charge >= 0.3 is 21.6 Å². The molecule has 37 heavy (non-hydrogen) atoms. The Bertz CT molecular complexity index is 1370. The van der Waals surface area contributed by atoms with Gasteiger partial charge in [0.25, 0.3) is 0 Å². The zero-order chi connectivity index (χ0) is 27.4. The third-order valence-electron chi connectivity index (χ3n) is 5.36. The minimum Gasteiger partial charge on any atom is -0.497 e. The molecule has 0 amide bonds. The molecule has 8 nitrogen and oxygen atoms in total. The summed E-state index contributed by atoms with van der Waals surface area (Å²) in [7, 11) is -3.20. The highest BCUT2D eigenvalue weighted by Crippen LogP contribution is 2.42. The number of rotatable bonds is 10. The molecule has 3 aromatic rings. The molecule has 3 rings (SSSR count). The van der Waals surface area contributed by atoms with E-state index in [4.69, 9.17) is 18.9 Å². The molecule has 0 saturated heterocycles. The molecule has 1 unspecified atom stereocenters. The van der Waals surface area contributed by atoms with Crippen LogP contribution in [0.4, 0.5) is 13.2 Å². The lowest BCUT2D eigenvalue weighted by Crippen LogP contribution is -2.29. The molecule has 0 aliphatic carbocycles. The summed E-state index contributed by atoms with van der Waals surface area (Å²) in [6.45, 7) is 2.83. The molecular weight excluding hydrogens is 517 g/mol. The summed E-state index contributed by atoms with van der Waals surface area (Å²) in [6, 6.07) is 12.5. The van der Waals surface area contributed by atoms with Gasteiger partial charge in [0, 0.05) is 10.9 Å². The van der Waals surface area contributed by atoms with Crippen molar-refractivity contribution >= 4 is 26.9 Å². The van der Waals surface area contributed by atoms with Crippen molar-refractivity contribution in [3.8, 4) is 17.2 Å². The van der Waals surface area contributed by atoms with E-state index in [1.165, 1.54) is 39.3 Å². The minimum absolute atomic E-state index is 0.00318. The molecule has 0 saturated carbocycles. The Morgan fingerprint density at radius 1 is 0.973 bits per heavy atom. The van der Waals surface area contributed by atoms with Crippen LogP contribution in [0.5, 0.6) is 17.2 Å². The third-order valence-corrected chi connectivity index (χ3v) is 6.31. The number of methoxy groups -OCH3 is 2. The van der Waals surface area contributed by atoms with Crippen LogP contribution in [-0.2, 0) is 31.0 Å². The molecule has 200 valence electrons. The van der Waals surface area contributed by atoms with Crippen molar-refractivity contribution in [2.75, 3.05) is 20.8 Å².